The van der Waals surface area contributed by atoms with Gasteiger partial charge in [0.1, 0.15) is 10.0 Å². The summed E-state index contributed by atoms with van der Waals surface area (Å²) in [5.74, 6) is 0. The Bertz CT molecular complexity index is 2880. The van der Waals surface area contributed by atoms with E-state index in [-0.39, 0.29) is 0 Å². The molecule has 10 rings (SSSR count). The third kappa shape index (κ3) is 5.32. The first-order valence-corrected chi connectivity index (χ1v) is 19.1. The summed E-state index contributed by atoms with van der Waals surface area (Å²) < 4.78 is 0. The lowest BCUT2D eigenvalue weighted by atomic mass is 9.84. The zero-order chi connectivity index (χ0) is 34.4. The summed E-state index contributed by atoms with van der Waals surface area (Å²) >= 11 is 3.34. The summed E-state index contributed by atoms with van der Waals surface area (Å²) in [4.78, 5) is 9.27. The van der Waals surface area contributed by atoms with Gasteiger partial charge in [0, 0.05) is 34.3 Å². The van der Waals surface area contributed by atoms with Crippen LogP contribution in [0.2, 0.25) is 0 Å². The second-order valence-corrected chi connectivity index (χ2v) is 14.8. The first kappa shape index (κ1) is 30.6. The molecule has 0 bridgehead atoms. The van der Waals surface area contributed by atoms with Gasteiger partial charge in [0.25, 0.3) is 0 Å². The van der Waals surface area contributed by atoms with Crippen LogP contribution in [0.5, 0.6) is 0 Å². The van der Waals surface area contributed by atoms with E-state index in [1.165, 1.54) is 76.8 Å². The number of nitrogens with zero attached hydrogens (tertiary/aromatic N) is 2. The zero-order valence-corrected chi connectivity index (χ0v) is 29.7. The normalized spacial score (nSPS) is 11.5. The molecule has 0 fully saturated rings. The van der Waals surface area contributed by atoms with Gasteiger partial charge >= 0.3 is 0 Å². The summed E-state index contributed by atoms with van der Waals surface area (Å²) in [6, 6.07) is 57.8. The molecule has 0 saturated carbocycles. The number of hydrogen-bond donors (Lipinski definition) is 0. The molecule has 0 saturated heterocycles. The third-order valence-corrected chi connectivity index (χ3v) is 11.6. The standard InChI is InChI=1S/C48H30N2S2/c1-2-14-39-32(8-1)9-7-17-40(39)33-20-18-31(19-21-33)34-22-23-43-44(30-34)46(36-11-6-13-38(29-36)48-50-25-27-52-48)42-16-4-3-15-41(42)45(43)35-10-5-12-37(28-35)47-49-24-26-51-47/h1-30H. The van der Waals surface area contributed by atoms with Crippen molar-refractivity contribution < 1.29 is 0 Å². The fraction of sp³-hybridized carbons (Fsp3) is 0. The number of rotatable bonds is 6. The molecule has 244 valence electrons. The van der Waals surface area contributed by atoms with Gasteiger partial charge in [-0.15, -0.1) is 22.7 Å². The van der Waals surface area contributed by atoms with E-state index in [0.717, 1.165) is 21.1 Å². The van der Waals surface area contributed by atoms with E-state index in [4.69, 9.17) is 0 Å². The summed E-state index contributed by atoms with van der Waals surface area (Å²) in [5, 5.41) is 13.6. The van der Waals surface area contributed by atoms with Crippen LogP contribution in [0.4, 0.5) is 0 Å². The van der Waals surface area contributed by atoms with E-state index in [9.17, 15) is 0 Å². The van der Waals surface area contributed by atoms with Crippen molar-refractivity contribution in [1.29, 1.82) is 0 Å². The summed E-state index contributed by atoms with van der Waals surface area (Å²) in [6.07, 6.45) is 3.76. The summed E-state index contributed by atoms with van der Waals surface area (Å²) in [7, 11) is 0. The monoisotopic (exact) mass is 698 g/mol. The molecule has 0 atom stereocenters. The quantitative estimate of drug-likeness (QED) is 0.162. The van der Waals surface area contributed by atoms with Crippen LogP contribution < -0.4 is 0 Å². The number of fused-ring (bicyclic) bond motifs is 3. The van der Waals surface area contributed by atoms with Gasteiger partial charge < -0.3 is 0 Å². The Kier molecular flexibility index (Phi) is 7.56. The SMILES string of the molecule is c1cc(-c2nccs2)cc(-c2c3ccccc3c(-c3cccc(-c4nccs4)c3)c3cc(-c4ccc(-c5cccc6ccccc56)cc4)ccc23)c1. The van der Waals surface area contributed by atoms with Gasteiger partial charge in [-0.1, -0.05) is 140 Å². The highest BCUT2D eigenvalue weighted by Gasteiger charge is 2.19. The lowest BCUT2D eigenvalue weighted by molar-refractivity contribution is 1.41. The van der Waals surface area contributed by atoms with Crippen LogP contribution >= 0.6 is 22.7 Å². The minimum atomic E-state index is 1.03. The molecule has 0 unspecified atom stereocenters. The minimum Gasteiger partial charge on any atom is -0.245 e. The lowest BCUT2D eigenvalue weighted by Crippen LogP contribution is -1.92. The maximum Gasteiger partial charge on any atom is 0.123 e. The van der Waals surface area contributed by atoms with Gasteiger partial charge in [-0.05, 0) is 95.0 Å². The smallest absolute Gasteiger partial charge is 0.123 e. The fourth-order valence-electron chi connectivity index (χ4n) is 7.65. The Balaban J connectivity index is 1.20. The molecular weight excluding hydrogens is 669 g/mol. The molecule has 2 heterocycles. The summed E-state index contributed by atoms with van der Waals surface area (Å²) in [6.45, 7) is 0. The lowest BCUT2D eigenvalue weighted by Gasteiger charge is -2.19. The van der Waals surface area contributed by atoms with Crippen LogP contribution in [0, 0.1) is 0 Å². The molecule has 2 aromatic heterocycles. The first-order valence-electron chi connectivity index (χ1n) is 17.4. The Morgan fingerprint density at radius 1 is 0.327 bits per heavy atom. The molecular formula is C48H30N2S2. The van der Waals surface area contributed by atoms with Crippen molar-refractivity contribution in [2.75, 3.05) is 0 Å². The molecule has 0 N–H and O–H groups in total. The first-order chi connectivity index (χ1) is 25.8. The van der Waals surface area contributed by atoms with E-state index in [1.54, 1.807) is 22.7 Å². The van der Waals surface area contributed by atoms with Crippen LogP contribution in [-0.2, 0) is 0 Å². The largest absolute Gasteiger partial charge is 0.245 e. The average molecular weight is 699 g/mol. The zero-order valence-electron chi connectivity index (χ0n) is 28.0. The van der Waals surface area contributed by atoms with Crippen molar-refractivity contribution in [1.82, 2.24) is 9.97 Å². The van der Waals surface area contributed by atoms with E-state index >= 15 is 0 Å². The van der Waals surface area contributed by atoms with Crippen molar-refractivity contribution in [3.8, 4) is 65.6 Å². The molecule has 8 aromatic carbocycles. The molecule has 4 heteroatoms. The molecule has 0 spiro atoms. The van der Waals surface area contributed by atoms with Gasteiger partial charge in [0.05, 0.1) is 0 Å². The molecule has 0 aliphatic heterocycles. The van der Waals surface area contributed by atoms with Gasteiger partial charge in [0.2, 0.25) is 0 Å². The van der Waals surface area contributed by atoms with Crippen LogP contribution in [0.15, 0.2) is 181 Å². The van der Waals surface area contributed by atoms with Crippen molar-refractivity contribution in [2.24, 2.45) is 0 Å². The van der Waals surface area contributed by atoms with Crippen LogP contribution in [0.1, 0.15) is 0 Å². The molecule has 0 aliphatic carbocycles. The fourth-order valence-corrected chi connectivity index (χ4v) is 8.92. The highest BCUT2D eigenvalue weighted by Crippen LogP contribution is 2.46. The van der Waals surface area contributed by atoms with Crippen molar-refractivity contribution in [3.05, 3.63) is 181 Å². The van der Waals surface area contributed by atoms with Gasteiger partial charge in [-0.2, -0.15) is 0 Å². The molecule has 0 aliphatic rings. The summed E-state index contributed by atoms with van der Waals surface area (Å²) in [5.41, 5.74) is 11.9. The molecule has 10 aromatic rings. The Labute approximate surface area is 310 Å². The van der Waals surface area contributed by atoms with Crippen LogP contribution in [-0.4, -0.2) is 9.97 Å². The minimum absolute atomic E-state index is 1.03. The Morgan fingerprint density at radius 2 is 0.827 bits per heavy atom. The van der Waals surface area contributed by atoms with Crippen LogP contribution in [0.25, 0.3) is 98.0 Å². The van der Waals surface area contributed by atoms with E-state index in [1.807, 2.05) is 23.2 Å². The van der Waals surface area contributed by atoms with Gasteiger partial charge in [-0.3, -0.25) is 0 Å². The van der Waals surface area contributed by atoms with Crippen LogP contribution in [0.3, 0.4) is 0 Å². The highest BCUT2D eigenvalue weighted by atomic mass is 32.1. The van der Waals surface area contributed by atoms with E-state index < -0.39 is 0 Å². The Hall–Kier alpha value is -6.20. The second kappa shape index (κ2) is 12.8. The Morgan fingerprint density at radius 3 is 1.46 bits per heavy atom. The van der Waals surface area contributed by atoms with Gasteiger partial charge in [-0.25, -0.2) is 9.97 Å². The van der Waals surface area contributed by atoms with Crippen molar-refractivity contribution >= 4 is 55.0 Å². The predicted octanol–water partition coefficient (Wildman–Crippen LogP) is 14.1. The van der Waals surface area contributed by atoms with Crippen molar-refractivity contribution in [2.45, 2.75) is 0 Å². The third-order valence-electron chi connectivity index (χ3n) is 10.0. The molecule has 0 amide bonds. The molecule has 52 heavy (non-hydrogen) atoms. The molecule has 2 nitrogen and oxygen atoms in total. The number of benzene rings is 8. The number of hydrogen-bond acceptors (Lipinski definition) is 4. The van der Waals surface area contributed by atoms with Gasteiger partial charge in [0.15, 0.2) is 0 Å². The highest BCUT2D eigenvalue weighted by molar-refractivity contribution is 7.13. The maximum atomic E-state index is 4.64. The topological polar surface area (TPSA) is 25.8 Å². The number of thiazole rings is 2. The maximum absolute atomic E-state index is 4.64. The predicted molar refractivity (Wildman–Crippen MR) is 223 cm³/mol. The molecule has 0 radical (unpaired) electrons. The van der Waals surface area contributed by atoms with Crippen molar-refractivity contribution in [3.63, 3.8) is 0 Å². The second-order valence-electron chi connectivity index (χ2n) is 13.0. The van der Waals surface area contributed by atoms with E-state index in [2.05, 4.69) is 168 Å². The van der Waals surface area contributed by atoms with E-state index in [0.29, 0.717) is 0 Å². The average Bonchev–Trinajstić information content (AvgIpc) is 3.96. The number of aromatic nitrogens is 2.